The highest BCUT2D eigenvalue weighted by Crippen LogP contribution is 2.27. The molecule has 6 heteroatoms. The smallest absolute Gasteiger partial charge is 0.266 e. The van der Waals surface area contributed by atoms with E-state index in [1.54, 1.807) is 34.9 Å². The number of aromatic nitrogens is 2. The van der Waals surface area contributed by atoms with E-state index in [1.807, 2.05) is 49.4 Å². The minimum atomic E-state index is -0.140. The number of halogens is 1. The molecule has 0 bridgehead atoms. The molecule has 0 spiro atoms. The Kier molecular flexibility index (Phi) is 5.42. The maximum absolute atomic E-state index is 13.4. The zero-order chi connectivity index (χ0) is 21.3. The summed E-state index contributed by atoms with van der Waals surface area (Å²) in [4.78, 5) is 18.2. The molecule has 0 aliphatic rings. The number of hydrogen-bond donors (Lipinski definition) is 1. The van der Waals surface area contributed by atoms with Gasteiger partial charge in [0, 0.05) is 4.47 Å². The highest BCUT2D eigenvalue weighted by atomic mass is 79.9. The number of phenolic OH excluding ortho intramolecular Hbond substituents is 1. The largest absolute Gasteiger partial charge is 0.504 e. The second-order valence-electron chi connectivity index (χ2n) is 6.82. The molecular formula is C24H19BrN2O3. The molecule has 0 unspecified atom stereocenters. The van der Waals surface area contributed by atoms with Crippen LogP contribution in [0.1, 0.15) is 17.0 Å². The lowest BCUT2D eigenvalue weighted by atomic mass is 10.1. The van der Waals surface area contributed by atoms with E-state index in [0.29, 0.717) is 22.5 Å². The van der Waals surface area contributed by atoms with E-state index in [0.717, 1.165) is 21.3 Å². The van der Waals surface area contributed by atoms with Gasteiger partial charge in [-0.15, -0.1) is 0 Å². The van der Waals surface area contributed by atoms with Crippen LogP contribution in [0.15, 0.2) is 69.9 Å². The number of benzene rings is 3. The zero-order valence-corrected chi connectivity index (χ0v) is 18.1. The fraction of sp³-hybridized carbons (Fsp3) is 0.0833. The SMILES string of the molecule is COc1cc(C=Cc2nc3ccc(Br)cc3c(=O)n2-c2ccccc2C)ccc1O. The van der Waals surface area contributed by atoms with Crippen LogP contribution >= 0.6 is 15.9 Å². The van der Waals surface area contributed by atoms with Crippen molar-refractivity contribution in [1.82, 2.24) is 9.55 Å². The quantitative estimate of drug-likeness (QED) is 0.444. The molecular weight excluding hydrogens is 444 g/mol. The van der Waals surface area contributed by atoms with Gasteiger partial charge in [0.25, 0.3) is 5.56 Å². The number of methoxy groups -OCH3 is 1. The van der Waals surface area contributed by atoms with Crippen LogP contribution in [0.4, 0.5) is 0 Å². The average molecular weight is 463 g/mol. The third-order valence-corrected chi connectivity index (χ3v) is 5.33. The fourth-order valence-electron chi connectivity index (χ4n) is 3.30. The van der Waals surface area contributed by atoms with Crippen LogP contribution in [0, 0.1) is 6.92 Å². The molecule has 0 saturated carbocycles. The van der Waals surface area contributed by atoms with Crippen LogP contribution in [0.2, 0.25) is 0 Å². The predicted octanol–water partition coefficient (Wildman–Crippen LogP) is 5.34. The van der Waals surface area contributed by atoms with Gasteiger partial charge >= 0.3 is 0 Å². The van der Waals surface area contributed by atoms with E-state index >= 15 is 0 Å². The number of aryl methyl sites for hydroxylation is 1. The zero-order valence-electron chi connectivity index (χ0n) is 16.5. The van der Waals surface area contributed by atoms with Crippen LogP contribution in [0.5, 0.6) is 11.5 Å². The second-order valence-corrected chi connectivity index (χ2v) is 7.74. The molecule has 0 fully saturated rings. The topological polar surface area (TPSA) is 64.3 Å². The van der Waals surface area contributed by atoms with Gasteiger partial charge in [-0.1, -0.05) is 46.3 Å². The van der Waals surface area contributed by atoms with Crippen molar-refractivity contribution in [3.8, 4) is 17.2 Å². The van der Waals surface area contributed by atoms with Crippen molar-refractivity contribution in [3.63, 3.8) is 0 Å². The Hall–Kier alpha value is -3.38. The number of para-hydroxylation sites is 1. The number of nitrogens with zero attached hydrogens (tertiary/aromatic N) is 2. The lowest BCUT2D eigenvalue weighted by molar-refractivity contribution is 0.373. The van der Waals surface area contributed by atoms with Crippen molar-refractivity contribution in [2.75, 3.05) is 7.11 Å². The van der Waals surface area contributed by atoms with Gasteiger partial charge in [-0.05, 0) is 60.5 Å². The van der Waals surface area contributed by atoms with Crippen molar-refractivity contribution in [3.05, 3.63) is 92.4 Å². The highest BCUT2D eigenvalue weighted by Gasteiger charge is 2.13. The monoisotopic (exact) mass is 462 g/mol. The summed E-state index contributed by atoms with van der Waals surface area (Å²) in [6.07, 6.45) is 3.63. The molecule has 4 rings (SSSR count). The maximum atomic E-state index is 13.4. The van der Waals surface area contributed by atoms with Crippen LogP contribution in [-0.4, -0.2) is 21.8 Å². The lowest BCUT2D eigenvalue weighted by Gasteiger charge is -2.14. The van der Waals surface area contributed by atoms with Gasteiger partial charge in [0.1, 0.15) is 5.82 Å². The van der Waals surface area contributed by atoms with E-state index in [4.69, 9.17) is 9.72 Å². The molecule has 0 atom stereocenters. The van der Waals surface area contributed by atoms with Gasteiger partial charge in [-0.3, -0.25) is 9.36 Å². The summed E-state index contributed by atoms with van der Waals surface area (Å²) in [5.74, 6) is 0.960. The number of aromatic hydroxyl groups is 1. The summed E-state index contributed by atoms with van der Waals surface area (Å²) in [7, 11) is 1.50. The lowest BCUT2D eigenvalue weighted by Crippen LogP contribution is -2.23. The molecule has 5 nitrogen and oxygen atoms in total. The number of rotatable bonds is 4. The van der Waals surface area contributed by atoms with Crippen LogP contribution in [0.25, 0.3) is 28.7 Å². The molecule has 0 aliphatic heterocycles. The standard InChI is InChI=1S/C24H19BrN2O3/c1-15-5-3-4-6-20(15)27-23(12-8-16-7-11-21(28)22(13-16)30-2)26-19-10-9-17(25)14-18(19)24(27)29/h3-14,28H,1-2H3. The molecule has 4 aromatic rings. The molecule has 1 aromatic heterocycles. The van der Waals surface area contributed by atoms with Gasteiger partial charge in [-0.25, -0.2) is 4.98 Å². The van der Waals surface area contributed by atoms with Crippen LogP contribution < -0.4 is 10.3 Å². The Labute approximate surface area is 182 Å². The van der Waals surface area contributed by atoms with Crippen LogP contribution in [-0.2, 0) is 0 Å². The van der Waals surface area contributed by atoms with Crippen molar-refractivity contribution in [1.29, 1.82) is 0 Å². The Morgan fingerprint density at radius 2 is 1.87 bits per heavy atom. The molecule has 30 heavy (non-hydrogen) atoms. The third kappa shape index (κ3) is 3.74. The van der Waals surface area contributed by atoms with E-state index in [-0.39, 0.29) is 11.3 Å². The summed E-state index contributed by atoms with van der Waals surface area (Å²) in [6, 6.07) is 18.2. The van der Waals surface area contributed by atoms with Crippen LogP contribution in [0.3, 0.4) is 0 Å². The third-order valence-electron chi connectivity index (χ3n) is 4.84. The first kappa shape index (κ1) is 19.9. The number of hydrogen-bond acceptors (Lipinski definition) is 4. The van der Waals surface area contributed by atoms with Gasteiger partial charge in [0.15, 0.2) is 11.5 Å². The Balaban J connectivity index is 1.94. The maximum Gasteiger partial charge on any atom is 0.266 e. The molecule has 1 heterocycles. The minimum Gasteiger partial charge on any atom is -0.504 e. The number of phenols is 1. The predicted molar refractivity (Wildman–Crippen MR) is 123 cm³/mol. The van der Waals surface area contributed by atoms with E-state index in [9.17, 15) is 9.90 Å². The van der Waals surface area contributed by atoms with Gasteiger partial charge in [-0.2, -0.15) is 0 Å². The van der Waals surface area contributed by atoms with E-state index in [2.05, 4.69) is 15.9 Å². The second kappa shape index (κ2) is 8.16. The van der Waals surface area contributed by atoms with Gasteiger partial charge in [0.05, 0.1) is 23.7 Å². The summed E-state index contributed by atoms with van der Waals surface area (Å²) >= 11 is 3.44. The van der Waals surface area contributed by atoms with Crippen molar-refractivity contribution in [2.24, 2.45) is 0 Å². The molecule has 1 N–H and O–H groups in total. The highest BCUT2D eigenvalue weighted by molar-refractivity contribution is 9.10. The average Bonchev–Trinajstić information content (AvgIpc) is 2.74. The van der Waals surface area contributed by atoms with Gasteiger partial charge < -0.3 is 9.84 Å². The summed E-state index contributed by atoms with van der Waals surface area (Å²) < 4.78 is 7.62. The molecule has 0 amide bonds. The van der Waals surface area contributed by atoms with E-state index < -0.39 is 0 Å². The fourth-order valence-corrected chi connectivity index (χ4v) is 3.66. The normalized spacial score (nSPS) is 11.3. The Morgan fingerprint density at radius 3 is 2.63 bits per heavy atom. The van der Waals surface area contributed by atoms with Crippen molar-refractivity contribution < 1.29 is 9.84 Å². The Morgan fingerprint density at radius 1 is 1.07 bits per heavy atom. The van der Waals surface area contributed by atoms with Crippen molar-refractivity contribution >= 4 is 39.0 Å². The molecule has 0 radical (unpaired) electrons. The summed E-state index contributed by atoms with van der Waals surface area (Å²) in [5, 5.41) is 10.3. The summed E-state index contributed by atoms with van der Waals surface area (Å²) in [5.41, 5.74) is 3.04. The van der Waals surface area contributed by atoms with Crippen molar-refractivity contribution in [2.45, 2.75) is 6.92 Å². The first-order valence-electron chi connectivity index (χ1n) is 9.31. The number of fused-ring (bicyclic) bond motifs is 1. The molecule has 3 aromatic carbocycles. The van der Waals surface area contributed by atoms with E-state index in [1.165, 1.54) is 7.11 Å². The first-order valence-corrected chi connectivity index (χ1v) is 10.1. The number of ether oxygens (including phenoxy) is 1. The first-order chi connectivity index (χ1) is 14.5. The molecule has 0 aliphatic carbocycles. The van der Waals surface area contributed by atoms with Gasteiger partial charge in [0.2, 0.25) is 0 Å². The Bertz CT molecular complexity index is 1340. The molecule has 0 saturated heterocycles. The minimum absolute atomic E-state index is 0.0703. The summed E-state index contributed by atoms with van der Waals surface area (Å²) in [6.45, 7) is 1.96. The molecule has 150 valence electrons.